The van der Waals surface area contributed by atoms with Gasteiger partial charge >= 0.3 is 0 Å². The molecule has 1 amide bonds. The molecule has 0 bridgehead atoms. The van der Waals surface area contributed by atoms with Gasteiger partial charge in [0, 0.05) is 22.3 Å². The summed E-state index contributed by atoms with van der Waals surface area (Å²) >= 11 is 0. The van der Waals surface area contributed by atoms with Gasteiger partial charge in [0.1, 0.15) is 0 Å². The SMILES string of the molecule is Cc1ccc2[nH]c(=O)c(CN(C(=O)c3ccccc3C)c3ccccc3)cc2c1. The number of aromatic amines is 1. The average Bonchev–Trinajstić information content (AvgIpc) is 2.73. The first-order valence-corrected chi connectivity index (χ1v) is 9.58. The highest BCUT2D eigenvalue weighted by Gasteiger charge is 2.21. The highest BCUT2D eigenvalue weighted by atomic mass is 16.2. The van der Waals surface area contributed by atoms with E-state index in [0.29, 0.717) is 11.1 Å². The molecule has 0 saturated carbocycles. The number of para-hydroxylation sites is 1. The van der Waals surface area contributed by atoms with Crippen LogP contribution in [0.1, 0.15) is 27.0 Å². The summed E-state index contributed by atoms with van der Waals surface area (Å²) in [6.45, 7) is 4.13. The van der Waals surface area contributed by atoms with Crippen molar-refractivity contribution in [2.75, 3.05) is 4.90 Å². The Morgan fingerprint density at radius 2 is 1.62 bits per heavy atom. The highest BCUT2D eigenvalue weighted by molar-refractivity contribution is 6.07. The van der Waals surface area contributed by atoms with Crippen molar-refractivity contribution in [2.45, 2.75) is 20.4 Å². The summed E-state index contributed by atoms with van der Waals surface area (Å²) in [5.41, 5.74) is 4.57. The molecule has 0 fully saturated rings. The number of fused-ring (bicyclic) bond motifs is 1. The van der Waals surface area contributed by atoms with E-state index in [0.717, 1.165) is 27.7 Å². The van der Waals surface area contributed by atoms with Crippen LogP contribution in [0.2, 0.25) is 0 Å². The summed E-state index contributed by atoms with van der Waals surface area (Å²) in [5.74, 6) is -0.127. The summed E-state index contributed by atoms with van der Waals surface area (Å²) in [6, 6.07) is 24.7. The Kier molecular flexibility index (Phi) is 5.00. The van der Waals surface area contributed by atoms with Crippen molar-refractivity contribution in [1.82, 2.24) is 4.98 Å². The van der Waals surface area contributed by atoms with Crippen molar-refractivity contribution in [2.24, 2.45) is 0 Å². The lowest BCUT2D eigenvalue weighted by Gasteiger charge is -2.24. The molecule has 0 atom stereocenters. The van der Waals surface area contributed by atoms with Gasteiger partial charge in [-0.3, -0.25) is 9.59 Å². The Bertz CT molecular complexity index is 1240. The third-order valence-corrected chi connectivity index (χ3v) is 5.09. The number of hydrogen-bond donors (Lipinski definition) is 1. The van der Waals surface area contributed by atoms with Crippen molar-refractivity contribution < 1.29 is 4.79 Å². The van der Waals surface area contributed by atoms with Gasteiger partial charge in [0.25, 0.3) is 11.5 Å². The number of nitrogens with zero attached hydrogens (tertiary/aromatic N) is 1. The number of hydrogen-bond acceptors (Lipinski definition) is 2. The molecule has 29 heavy (non-hydrogen) atoms. The summed E-state index contributed by atoms with van der Waals surface area (Å²) < 4.78 is 0. The topological polar surface area (TPSA) is 53.2 Å². The van der Waals surface area contributed by atoms with E-state index in [-0.39, 0.29) is 18.0 Å². The predicted molar refractivity (Wildman–Crippen MR) is 117 cm³/mol. The van der Waals surface area contributed by atoms with Crippen LogP contribution >= 0.6 is 0 Å². The van der Waals surface area contributed by atoms with Crippen LogP contribution in [0.25, 0.3) is 10.9 Å². The third kappa shape index (κ3) is 3.83. The van der Waals surface area contributed by atoms with Crippen LogP contribution in [0, 0.1) is 13.8 Å². The number of pyridine rings is 1. The zero-order valence-corrected chi connectivity index (χ0v) is 16.5. The highest BCUT2D eigenvalue weighted by Crippen LogP contribution is 2.22. The molecule has 0 unspecified atom stereocenters. The maximum Gasteiger partial charge on any atom is 0.258 e. The van der Waals surface area contributed by atoms with Crippen LogP contribution < -0.4 is 10.5 Å². The quantitative estimate of drug-likeness (QED) is 0.540. The van der Waals surface area contributed by atoms with E-state index in [2.05, 4.69) is 4.98 Å². The lowest BCUT2D eigenvalue weighted by atomic mass is 10.1. The Balaban J connectivity index is 1.80. The third-order valence-electron chi connectivity index (χ3n) is 5.09. The van der Waals surface area contributed by atoms with Gasteiger partial charge in [-0.25, -0.2) is 0 Å². The molecule has 0 saturated heterocycles. The number of nitrogens with one attached hydrogen (secondary N) is 1. The Labute approximate surface area is 169 Å². The minimum Gasteiger partial charge on any atom is -0.322 e. The minimum atomic E-state index is -0.181. The van der Waals surface area contributed by atoms with E-state index >= 15 is 0 Å². The Morgan fingerprint density at radius 1 is 0.897 bits per heavy atom. The van der Waals surface area contributed by atoms with Gasteiger partial charge in [-0.1, -0.05) is 48.0 Å². The zero-order chi connectivity index (χ0) is 20.4. The largest absolute Gasteiger partial charge is 0.322 e. The fourth-order valence-electron chi connectivity index (χ4n) is 3.51. The van der Waals surface area contributed by atoms with E-state index in [1.165, 1.54) is 0 Å². The summed E-state index contributed by atoms with van der Waals surface area (Å²) in [4.78, 5) is 30.7. The molecule has 1 N–H and O–H groups in total. The lowest BCUT2D eigenvalue weighted by Crippen LogP contribution is -2.33. The molecule has 0 radical (unpaired) electrons. The van der Waals surface area contributed by atoms with Crippen molar-refractivity contribution in [1.29, 1.82) is 0 Å². The molecule has 0 aliphatic rings. The molecule has 4 aromatic rings. The molecule has 3 aromatic carbocycles. The van der Waals surface area contributed by atoms with Crippen LogP contribution in [0.15, 0.2) is 83.7 Å². The normalized spacial score (nSPS) is 10.8. The number of carbonyl (C=O) groups excluding carboxylic acids is 1. The fraction of sp³-hybridized carbons (Fsp3) is 0.120. The number of H-pyrrole nitrogens is 1. The van der Waals surface area contributed by atoms with Crippen molar-refractivity contribution in [3.63, 3.8) is 0 Å². The number of aryl methyl sites for hydroxylation is 2. The first-order chi connectivity index (χ1) is 14.0. The van der Waals surface area contributed by atoms with Crippen LogP contribution in [0.5, 0.6) is 0 Å². The van der Waals surface area contributed by atoms with Crippen molar-refractivity contribution in [3.8, 4) is 0 Å². The van der Waals surface area contributed by atoms with Gasteiger partial charge in [0.2, 0.25) is 0 Å². The molecule has 144 valence electrons. The van der Waals surface area contributed by atoms with Crippen LogP contribution in [0.4, 0.5) is 5.69 Å². The van der Waals surface area contributed by atoms with Crippen LogP contribution in [0.3, 0.4) is 0 Å². The number of anilines is 1. The second kappa shape index (κ2) is 7.76. The molecule has 4 nitrogen and oxygen atoms in total. The van der Waals surface area contributed by atoms with Gasteiger partial charge in [-0.2, -0.15) is 0 Å². The number of aromatic nitrogens is 1. The molecular weight excluding hydrogens is 360 g/mol. The molecule has 4 rings (SSSR count). The molecular formula is C25H22N2O2. The van der Waals surface area contributed by atoms with Gasteiger partial charge in [-0.15, -0.1) is 0 Å². The number of rotatable bonds is 4. The van der Waals surface area contributed by atoms with Gasteiger partial charge in [-0.05, 0) is 61.2 Å². The Morgan fingerprint density at radius 3 is 2.38 bits per heavy atom. The number of benzene rings is 3. The zero-order valence-electron chi connectivity index (χ0n) is 16.5. The molecule has 1 heterocycles. The van der Waals surface area contributed by atoms with Gasteiger partial charge in [0.15, 0.2) is 0 Å². The van der Waals surface area contributed by atoms with Crippen LogP contribution in [-0.4, -0.2) is 10.9 Å². The van der Waals surface area contributed by atoms with E-state index in [4.69, 9.17) is 0 Å². The van der Waals surface area contributed by atoms with E-state index in [1.54, 1.807) is 4.90 Å². The second-order valence-electron chi connectivity index (χ2n) is 7.26. The molecule has 0 spiro atoms. The summed E-state index contributed by atoms with van der Waals surface area (Å²) in [6.07, 6.45) is 0. The van der Waals surface area contributed by atoms with E-state index in [9.17, 15) is 9.59 Å². The number of amides is 1. The maximum atomic E-state index is 13.4. The predicted octanol–water partition coefficient (Wildman–Crippen LogP) is 4.99. The first kappa shape index (κ1) is 18.7. The number of carbonyl (C=O) groups is 1. The monoisotopic (exact) mass is 382 g/mol. The van der Waals surface area contributed by atoms with Gasteiger partial charge < -0.3 is 9.88 Å². The molecule has 0 aliphatic heterocycles. The molecule has 1 aromatic heterocycles. The van der Waals surface area contributed by atoms with Crippen LogP contribution in [-0.2, 0) is 6.54 Å². The standard InChI is InChI=1S/C25H22N2O2/c1-17-12-13-23-19(14-17)15-20(24(28)26-23)16-27(21-9-4-3-5-10-21)25(29)22-11-7-6-8-18(22)2/h3-15H,16H2,1-2H3,(H,26,28). The lowest BCUT2D eigenvalue weighted by molar-refractivity contribution is 0.0984. The Hall–Kier alpha value is -3.66. The minimum absolute atomic E-state index is 0.127. The van der Waals surface area contributed by atoms with Crippen molar-refractivity contribution >= 4 is 22.5 Å². The van der Waals surface area contributed by atoms with Crippen molar-refractivity contribution in [3.05, 3.63) is 111 Å². The second-order valence-corrected chi connectivity index (χ2v) is 7.26. The summed E-state index contributed by atoms with van der Waals surface area (Å²) in [7, 11) is 0. The maximum absolute atomic E-state index is 13.4. The van der Waals surface area contributed by atoms with E-state index < -0.39 is 0 Å². The molecule has 4 heteroatoms. The fourth-order valence-corrected chi connectivity index (χ4v) is 3.51. The van der Waals surface area contributed by atoms with Gasteiger partial charge in [0.05, 0.1) is 6.54 Å². The van der Waals surface area contributed by atoms with E-state index in [1.807, 2.05) is 92.7 Å². The summed E-state index contributed by atoms with van der Waals surface area (Å²) in [5, 5.41) is 0.955. The average molecular weight is 382 g/mol. The smallest absolute Gasteiger partial charge is 0.258 e. The first-order valence-electron chi connectivity index (χ1n) is 9.58. The molecule has 0 aliphatic carbocycles.